The van der Waals surface area contributed by atoms with Gasteiger partial charge in [0.2, 0.25) is 11.8 Å². The van der Waals surface area contributed by atoms with Gasteiger partial charge in [-0.1, -0.05) is 0 Å². The molecule has 0 radical (unpaired) electrons. The third-order valence-corrected chi connectivity index (χ3v) is 4.25. The van der Waals surface area contributed by atoms with E-state index >= 15 is 0 Å². The van der Waals surface area contributed by atoms with Gasteiger partial charge in [0.1, 0.15) is 12.8 Å². The quantitative estimate of drug-likeness (QED) is 0.731. The Kier molecular flexibility index (Phi) is 6.00. The number of aromatic nitrogens is 2. The fourth-order valence-electron chi connectivity index (χ4n) is 2.88. The van der Waals surface area contributed by atoms with Crippen LogP contribution < -0.4 is 5.32 Å². The van der Waals surface area contributed by atoms with Crippen molar-refractivity contribution in [1.82, 2.24) is 20.4 Å². The highest BCUT2D eigenvalue weighted by atomic mass is 16.5. The maximum Gasteiger partial charge on any atom is 0.325 e. The van der Waals surface area contributed by atoms with Crippen LogP contribution in [0, 0.1) is 0 Å². The second-order valence-electron chi connectivity index (χ2n) is 6.09. The zero-order chi connectivity index (χ0) is 18.4. The number of nitrogens with zero attached hydrogens (tertiary/aromatic N) is 3. The van der Waals surface area contributed by atoms with E-state index in [2.05, 4.69) is 15.5 Å². The average molecular weight is 362 g/mol. The number of hydrogen-bond acceptors (Lipinski definition) is 8. The van der Waals surface area contributed by atoms with Crippen molar-refractivity contribution in [2.24, 2.45) is 0 Å². The fourth-order valence-corrected chi connectivity index (χ4v) is 2.88. The van der Waals surface area contributed by atoms with Crippen LogP contribution in [0.4, 0.5) is 0 Å². The Hall–Kier alpha value is -2.68. The van der Waals surface area contributed by atoms with Gasteiger partial charge in [0.15, 0.2) is 0 Å². The number of rotatable bonds is 7. The van der Waals surface area contributed by atoms with Gasteiger partial charge in [0, 0.05) is 5.92 Å². The number of furan rings is 1. The van der Waals surface area contributed by atoms with Crippen LogP contribution in [0.5, 0.6) is 0 Å². The maximum atomic E-state index is 11.9. The third kappa shape index (κ3) is 4.69. The molecule has 2 aromatic heterocycles. The van der Waals surface area contributed by atoms with E-state index in [1.807, 2.05) is 4.90 Å². The van der Waals surface area contributed by atoms with Crippen LogP contribution in [0.25, 0.3) is 11.5 Å². The smallest absolute Gasteiger partial charge is 0.325 e. The predicted octanol–water partition coefficient (Wildman–Crippen LogP) is 1.19. The molecule has 140 valence electrons. The largest absolute Gasteiger partial charge is 0.472 e. The summed E-state index contributed by atoms with van der Waals surface area (Å²) < 4.78 is 15.5. The van der Waals surface area contributed by atoms with E-state index in [9.17, 15) is 9.59 Å². The molecule has 1 aliphatic heterocycles. The summed E-state index contributed by atoms with van der Waals surface area (Å²) in [6.45, 7) is 3.70. The molecule has 0 unspecified atom stereocenters. The molecule has 0 spiro atoms. The van der Waals surface area contributed by atoms with Crippen LogP contribution in [0.3, 0.4) is 0 Å². The van der Waals surface area contributed by atoms with Crippen molar-refractivity contribution in [2.75, 3.05) is 32.8 Å². The molecular formula is C17H22N4O5. The molecule has 9 heteroatoms. The van der Waals surface area contributed by atoms with E-state index in [1.165, 1.54) is 0 Å². The number of nitrogens with one attached hydrogen (secondary N) is 1. The summed E-state index contributed by atoms with van der Waals surface area (Å²) in [6.07, 6.45) is 4.79. The minimum Gasteiger partial charge on any atom is -0.472 e. The van der Waals surface area contributed by atoms with Gasteiger partial charge in [-0.3, -0.25) is 14.5 Å². The van der Waals surface area contributed by atoms with Crippen LogP contribution in [0.15, 0.2) is 27.4 Å². The van der Waals surface area contributed by atoms with Crippen LogP contribution in [-0.4, -0.2) is 59.8 Å². The Morgan fingerprint density at radius 3 is 2.85 bits per heavy atom. The van der Waals surface area contributed by atoms with Crippen molar-refractivity contribution in [3.8, 4) is 11.5 Å². The SMILES string of the molecule is CCOC(=O)CNC(=O)CN1CCC(c2nnc(-c3ccoc3)o2)CC1. The first-order valence-corrected chi connectivity index (χ1v) is 8.66. The lowest BCUT2D eigenvalue weighted by Gasteiger charge is -2.29. The number of likely N-dealkylation sites (tertiary alicyclic amines) is 1. The molecule has 1 amide bonds. The normalized spacial score (nSPS) is 15.7. The minimum atomic E-state index is -0.427. The number of piperidine rings is 1. The van der Waals surface area contributed by atoms with Crippen LogP contribution >= 0.6 is 0 Å². The Morgan fingerprint density at radius 1 is 1.35 bits per heavy atom. The zero-order valence-corrected chi connectivity index (χ0v) is 14.6. The Morgan fingerprint density at radius 2 is 2.15 bits per heavy atom. The predicted molar refractivity (Wildman–Crippen MR) is 90.1 cm³/mol. The molecule has 0 aliphatic carbocycles. The number of hydrogen-bond donors (Lipinski definition) is 1. The molecule has 1 fully saturated rings. The lowest BCUT2D eigenvalue weighted by Crippen LogP contribution is -2.42. The van der Waals surface area contributed by atoms with E-state index in [0.29, 0.717) is 18.4 Å². The lowest BCUT2D eigenvalue weighted by atomic mass is 9.97. The summed E-state index contributed by atoms with van der Waals surface area (Å²) in [7, 11) is 0. The van der Waals surface area contributed by atoms with Gasteiger partial charge in [-0.15, -0.1) is 10.2 Å². The molecule has 26 heavy (non-hydrogen) atoms. The molecule has 1 aliphatic rings. The van der Waals surface area contributed by atoms with Gasteiger partial charge in [-0.25, -0.2) is 0 Å². The van der Waals surface area contributed by atoms with E-state index in [4.69, 9.17) is 13.6 Å². The van der Waals surface area contributed by atoms with Crippen LogP contribution in [0.2, 0.25) is 0 Å². The number of amides is 1. The zero-order valence-electron chi connectivity index (χ0n) is 14.6. The molecule has 1 saturated heterocycles. The molecule has 2 aromatic rings. The molecular weight excluding hydrogens is 340 g/mol. The standard InChI is InChI=1S/C17H22N4O5/c1-2-25-15(23)9-18-14(22)10-21-6-3-12(4-7-21)16-19-20-17(26-16)13-5-8-24-11-13/h5,8,11-12H,2-4,6-7,9-10H2,1H3,(H,18,22). The second-order valence-corrected chi connectivity index (χ2v) is 6.09. The van der Waals surface area contributed by atoms with Crippen molar-refractivity contribution in [2.45, 2.75) is 25.7 Å². The molecule has 1 N–H and O–H groups in total. The molecule has 3 rings (SSSR count). The summed E-state index contributed by atoms with van der Waals surface area (Å²) in [4.78, 5) is 25.2. The van der Waals surface area contributed by atoms with E-state index in [1.54, 1.807) is 25.5 Å². The molecule has 3 heterocycles. The molecule has 0 saturated carbocycles. The highest BCUT2D eigenvalue weighted by Gasteiger charge is 2.26. The summed E-state index contributed by atoms with van der Waals surface area (Å²) in [5.74, 6) is 0.644. The minimum absolute atomic E-state index is 0.0953. The van der Waals surface area contributed by atoms with Crippen molar-refractivity contribution >= 4 is 11.9 Å². The monoisotopic (exact) mass is 362 g/mol. The number of ether oxygens (including phenoxy) is 1. The molecule has 9 nitrogen and oxygen atoms in total. The van der Waals surface area contributed by atoms with Crippen molar-refractivity contribution < 1.29 is 23.2 Å². The van der Waals surface area contributed by atoms with Crippen molar-refractivity contribution in [3.05, 3.63) is 24.5 Å². The average Bonchev–Trinajstić information content (AvgIpc) is 3.32. The summed E-state index contributed by atoms with van der Waals surface area (Å²) in [6, 6.07) is 1.77. The lowest BCUT2D eigenvalue weighted by molar-refractivity contribution is -0.143. The van der Waals surface area contributed by atoms with Crippen molar-refractivity contribution in [1.29, 1.82) is 0 Å². The first kappa shape index (κ1) is 18.1. The number of carbonyl (C=O) groups excluding carboxylic acids is 2. The van der Waals surface area contributed by atoms with E-state index in [0.717, 1.165) is 31.5 Å². The Balaban J connectivity index is 1.43. The highest BCUT2D eigenvalue weighted by Crippen LogP contribution is 2.29. The fraction of sp³-hybridized carbons (Fsp3) is 0.529. The van der Waals surface area contributed by atoms with Gasteiger partial charge in [0.05, 0.1) is 25.0 Å². The Labute approximate surface area is 150 Å². The molecule has 0 aromatic carbocycles. The van der Waals surface area contributed by atoms with Crippen molar-refractivity contribution in [3.63, 3.8) is 0 Å². The summed E-state index contributed by atoms with van der Waals surface area (Å²) in [5.41, 5.74) is 0.763. The van der Waals surface area contributed by atoms with Crippen LogP contribution in [-0.2, 0) is 14.3 Å². The van der Waals surface area contributed by atoms with E-state index < -0.39 is 5.97 Å². The summed E-state index contributed by atoms with van der Waals surface area (Å²) >= 11 is 0. The highest BCUT2D eigenvalue weighted by molar-refractivity contribution is 5.83. The summed E-state index contributed by atoms with van der Waals surface area (Å²) in [5, 5.41) is 10.8. The van der Waals surface area contributed by atoms with Crippen LogP contribution in [0.1, 0.15) is 31.6 Å². The second kappa shape index (κ2) is 8.61. The molecule has 0 atom stereocenters. The molecule has 0 bridgehead atoms. The topological polar surface area (TPSA) is 111 Å². The van der Waals surface area contributed by atoms with Gasteiger partial charge in [-0.2, -0.15) is 0 Å². The van der Waals surface area contributed by atoms with Gasteiger partial charge in [-0.05, 0) is 38.9 Å². The third-order valence-electron chi connectivity index (χ3n) is 4.25. The van der Waals surface area contributed by atoms with E-state index in [-0.39, 0.29) is 24.9 Å². The maximum absolute atomic E-state index is 11.9. The first-order chi connectivity index (χ1) is 12.7. The van der Waals surface area contributed by atoms with Gasteiger partial charge in [0.25, 0.3) is 5.89 Å². The van der Waals surface area contributed by atoms with Gasteiger partial charge >= 0.3 is 5.97 Å². The number of esters is 1. The van der Waals surface area contributed by atoms with Gasteiger partial charge < -0.3 is 18.9 Å². The first-order valence-electron chi connectivity index (χ1n) is 8.66. The Bertz CT molecular complexity index is 719. The number of carbonyl (C=O) groups is 2.